The van der Waals surface area contributed by atoms with Crippen molar-refractivity contribution in [3.63, 3.8) is 0 Å². The summed E-state index contributed by atoms with van der Waals surface area (Å²) >= 11 is 0. The number of alkyl halides is 3. The van der Waals surface area contributed by atoms with E-state index in [0.29, 0.717) is 54.6 Å². The minimum Gasteiger partial charge on any atom is -0.349 e. The number of rotatable bonds is 10. The van der Waals surface area contributed by atoms with E-state index in [-0.39, 0.29) is 61.1 Å². The van der Waals surface area contributed by atoms with Gasteiger partial charge in [-0.05, 0) is 85.4 Å². The minimum absolute atomic E-state index is 0.0630. The molecule has 5 saturated carbocycles. The van der Waals surface area contributed by atoms with E-state index in [4.69, 9.17) is 9.61 Å². The number of nitrogens with one attached hydrogen (secondary N) is 2. The smallest absolute Gasteiger partial charge is 0.276 e. The number of fused-ring (bicyclic) bond motifs is 2. The van der Waals surface area contributed by atoms with E-state index in [2.05, 4.69) is 26.0 Å². The second-order valence-electron chi connectivity index (χ2n) is 13.9. The number of aromatic nitrogens is 5. The molecule has 5 aliphatic carbocycles. The first-order valence-electron chi connectivity index (χ1n) is 15.8. The molecule has 2 bridgehead atoms. The molecule has 5 aliphatic rings. The Morgan fingerprint density at radius 1 is 1.02 bits per heavy atom. The van der Waals surface area contributed by atoms with Crippen LogP contribution in [0.3, 0.4) is 0 Å². The summed E-state index contributed by atoms with van der Waals surface area (Å²) < 4.78 is 49.0. The quantitative estimate of drug-likeness (QED) is 0.304. The van der Waals surface area contributed by atoms with Crippen LogP contribution in [-0.4, -0.2) is 48.3 Å². The second kappa shape index (κ2) is 10.8. The number of imidazole rings is 1. The Labute approximate surface area is 252 Å². The SMILES string of the molecule is CC(C)c1nonc1C(=O)N[C@H](c1cn2ncc([C@H](NC(=O)CC3CC4(F)CC3C4)C3CC3)cc2n1)C1CCC(F)(F)CC1. The van der Waals surface area contributed by atoms with Crippen molar-refractivity contribution in [2.45, 2.75) is 108 Å². The van der Waals surface area contributed by atoms with Gasteiger partial charge in [-0.3, -0.25) is 9.59 Å². The van der Waals surface area contributed by atoms with Gasteiger partial charge in [0.15, 0.2) is 11.3 Å². The van der Waals surface area contributed by atoms with Gasteiger partial charge in [0.2, 0.25) is 11.8 Å². The Hall–Kier alpha value is -3.51. The van der Waals surface area contributed by atoms with Crippen molar-refractivity contribution in [3.05, 3.63) is 41.1 Å². The summed E-state index contributed by atoms with van der Waals surface area (Å²) in [4.78, 5) is 31.2. The molecule has 3 atom stereocenters. The first-order chi connectivity index (χ1) is 21.0. The van der Waals surface area contributed by atoms with Gasteiger partial charge in [-0.1, -0.05) is 19.0 Å². The van der Waals surface area contributed by atoms with E-state index in [0.717, 1.165) is 18.4 Å². The van der Waals surface area contributed by atoms with Gasteiger partial charge in [0.1, 0.15) is 11.4 Å². The molecular weight excluding hydrogens is 575 g/mol. The number of carbonyl (C=O) groups is 2. The number of carbonyl (C=O) groups excluding carboxylic acids is 2. The molecule has 236 valence electrons. The Bertz CT molecular complexity index is 1550. The molecule has 0 aliphatic heterocycles. The summed E-state index contributed by atoms with van der Waals surface area (Å²) in [5.41, 5.74) is 1.29. The fraction of sp³-hybridized carbons (Fsp3) is 0.677. The molecule has 1 unspecified atom stereocenters. The molecule has 10 nitrogen and oxygen atoms in total. The van der Waals surface area contributed by atoms with E-state index < -0.39 is 23.5 Å². The van der Waals surface area contributed by atoms with Crippen LogP contribution in [0.15, 0.2) is 23.1 Å². The van der Waals surface area contributed by atoms with Crippen LogP contribution in [0.2, 0.25) is 0 Å². The van der Waals surface area contributed by atoms with Crippen molar-refractivity contribution in [1.29, 1.82) is 0 Å². The van der Waals surface area contributed by atoms with Crippen molar-refractivity contribution in [1.82, 2.24) is 35.5 Å². The lowest BCUT2D eigenvalue weighted by molar-refractivity contribution is -0.123. The van der Waals surface area contributed by atoms with Crippen LogP contribution in [0, 0.1) is 23.7 Å². The summed E-state index contributed by atoms with van der Waals surface area (Å²) in [7, 11) is 0. The van der Waals surface area contributed by atoms with Gasteiger partial charge in [-0.25, -0.2) is 27.3 Å². The average Bonchev–Trinajstić information content (AvgIpc) is 3.27. The van der Waals surface area contributed by atoms with Crippen LogP contribution in [0.5, 0.6) is 0 Å². The fourth-order valence-corrected chi connectivity index (χ4v) is 7.63. The Kier molecular flexibility index (Phi) is 7.19. The van der Waals surface area contributed by atoms with Gasteiger partial charge in [-0.2, -0.15) is 5.10 Å². The summed E-state index contributed by atoms with van der Waals surface area (Å²) in [6, 6.07) is 1.01. The summed E-state index contributed by atoms with van der Waals surface area (Å²) in [6.45, 7) is 3.74. The number of hydrogen-bond acceptors (Lipinski definition) is 7. The van der Waals surface area contributed by atoms with Gasteiger partial charge in [-0.15, -0.1) is 0 Å². The van der Waals surface area contributed by atoms with Gasteiger partial charge in [0.25, 0.3) is 5.91 Å². The first kappa shape index (κ1) is 29.2. The fourth-order valence-electron chi connectivity index (χ4n) is 7.63. The van der Waals surface area contributed by atoms with Crippen molar-refractivity contribution < 1.29 is 27.4 Å². The van der Waals surface area contributed by atoms with Crippen LogP contribution in [0.4, 0.5) is 13.2 Å². The van der Waals surface area contributed by atoms with Crippen molar-refractivity contribution in [2.75, 3.05) is 0 Å². The molecule has 8 rings (SSSR count). The molecule has 2 amide bonds. The highest BCUT2D eigenvalue weighted by Gasteiger charge is 2.57. The molecule has 3 aromatic heterocycles. The Balaban J connectivity index is 1.12. The average molecular weight is 614 g/mol. The minimum atomic E-state index is -2.73. The molecule has 13 heteroatoms. The topological polar surface area (TPSA) is 127 Å². The highest BCUT2D eigenvalue weighted by molar-refractivity contribution is 5.93. The largest absolute Gasteiger partial charge is 0.349 e. The van der Waals surface area contributed by atoms with E-state index in [1.165, 1.54) is 0 Å². The number of amides is 2. The normalized spacial score (nSPS) is 27.7. The number of hydrogen-bond donors (Lipinski definition) is 2. The lowest BCUT2D eigenvalue weighted by atomic mass is 9.80. The Morgan fingerprint density at radius 2 is 1.75 bits per heavy atom. The maximum atomic E-state index is 14.4. The van der Waals surface area contributed by atoms with Gasteiger partial charge in [0.05, 0.1) is 30.2 Å². The zero-order valence-corrected chi connectivity index (χ0v) is 24.9. The van der Waals surface area contributed by atoms with E-state index in [1.54, 1.807) is 16.9 Å². The lowest BCUT2D eigenvalue weighted by Crippen LogP contribution is -2.37. The number of halogens is 3. The van der Waals surface area contributed by atoms with Crippen LogP contribution in [-0.2, 0) is 4.79 Å². The Morgan fingerprint density at radius 3 is 2.41 bits per heavy atom. The number of nitrogens with zero attached hydrogens (tertiary/aromatic N) is 5. The third-order valence-corrected chi connectivity index (χ3v) is 10.2. The molecule has 0 saturated heterocycles. The van der Waals surface area contributed by atoms with Crippen LogP contribution >= 0.6 is 0 Å². The molecule has 44 heavy (non-hydrogen) atoms. The van der Waals surface area contributed by atoms with Crippen molar-refractivity contribution in [3.8, 4) is 0 Å². The zero-order valence-electron chi connectivity index (χ0n) is 24.9. The van der Waals surface area contributed by atoms with Crippen LogP contribution < -0.4 is 10.6 Å². The second-order valence-corrected chi connectivity index (χ2v) is 13.9. The molecule has 3 heterocycles. The standard InChI is InChI=1S/C31H38F3N7O3/c1-16(2)25-28(40-44-39-25)29(43)38-27(18-5-7-31(33,34)8-6-18)22-15-41-23(36-22)9-20(14-35-41)26(17-3-4-17)37-24(42)10-19-11-30(32)12-21(19)13-30/h9,14-19,21,26-27H,3-8,10-13H2,1-2H3,(H,37,42)(H,38,43)/t19?,21?,26-,27+,30?/m1/s1. The summed E-state index contributed by atoms with van der Waals surface area (Å²) in [5.74, 6) is -2.95. The van der Waals surface area contributed by atoms with Crippen molar-refractivity contribution >= 4 is 17.5 Å². The molecule has 5 fully saturated rings. The first-order valence-corrected chi connectivity index (χ1v) is 15.8. The predicted octanol–water partition coefficient (Wildman–Crippen LogP) is 5.63. The van der Waals surface area contributed by atoms with E-state index in [9.17, 15) is 22.8 Å². The van der Waals surface area contributed by atoms with Crippen molar-refractivity contribution in [2.24, 2.45) is 23.7 Å². The molecular formula is C31H38F3N7O3. The summed E-state index contributed by atoms with van der Waals surface area (Å²) in [5, 5.41) is 18.4. The van der Waals surface area contributed by atoms with Gasteiger partial charge < -0.3 is 10.6 Å². The molecule has 0 spiro atoms. The van der Waals surface area contributed by atoms with Crippen LogP contribution in [0.1, 0.15) is 123 Å². The highest BCUT2D eigenvalue weighted by Crippen LogP contribution is 2.59. The molecule has 0 aromatic carbocycles. The third kappa shape index (κ3) is 5.69. The molecule has 0 radical (unpaired) electrons. The maximum Gasteiger partial charge on any atom is 0.276 e. The molecule has 3 aromatic rings. The van der Waals surface area contributed by atoms with E-state index >= 15 is 0 Å². The zero-order chi connectivity index (χ0) is 30.8. The van der Waals surface area contributed by atoms with Gasteiger partial charge in [0, 0.05) is 25.2 Å². The predicted molar refractivity (Wildman–Crippen MR) is 151 cm³/mol. The third-order valence-electron chi connectivity index (χ3n) is 10.2. The van der Waals surface area contributed by atoms with Gasteiger partial charge >= 0.3 is 0 Å². The van der Waals surface area contributed by atoms with E-state index in [1.807, 2.05) is 19.9 Å². The highest BCUT2D eigenvalue weighted by atomic mass is 19.3. The summed E-state index contributed by atoms with van der Waals surface area (Å²) in [6.07, 6.45) is 7.31. The molecule has 2 N–H and O–H groups in total. The monoisotopic (exact) mass is 613 g/mol. The lowest BCUT2D eigenvalue weighted by Gasteiger charge is -2.33. The maximum absolute atomic E-state index is 14.4. The van der Waals surface area contributed by atoms with Crippen LogP contribution in [0.25, 0.3) is 5.65 Å².